The Kier molecular flexibility index (Phi) is 2.80. The van der Waals surface area contributed by atoms with Crippen LogP contribution in [-0.4, -0.2) is 46.9 Å². The van der Waals surface area contributed by atoms with Crippen molar-refractivity contribution in [1.82, 2.24) is 4.90 Å². The molecule has 0 aromatic heterocycles. The minimum Gasteiger partial charge on any atom is -0.446 e. The summed E-state index contributed by atoms with van der Waals surface area (Å²) < 4.78 is 5.82. The SMILES string of the molecule is N[C@@H]1CCN(C(=O)OC2C3CC4C[C@H]2CC(O)(C4)C3)C1. The van der Waals surface area contributed by atoms with Gasteiger partial charge < -0.3 is 20.5 Å². The lowest BCUT2D eigenvalue weighted by molar-refractivity contribution is -0.177. The van der Waals surface area contributed by atoms with Gasteiger partial charge in [0.1, 0.15) is 6.10 Å². The molecule has 6 atom stereocenters. The maximum absolute atomic E-state index is 12.2. The Morgan fingerprint density at radius 3 is 2.50 bits per heavy atom. The van der Waals surface area contributed by atoms with E-state index in [0.29, 0.717) is 30.8 Å². The van der Waals surface area contributed by atoms with Gasteiger partial charge in [-0.15, -0.1) is 0 Å². The molecule has 4 bridgehead atoms. The number of rotatable bonds is 1. The van der Waals surface area contributed by atoms with Gasteiger partial charge in [-0.1, -0.05) is 0 Å². The summed E-state index contributed by atoms with van der Waals surface area (Å²) in [6, 6.07) is 0.0989. The summed E-state index contributed by atoms with van der Waals surface area (Å²) in [5, 5.41) is 10.5. The molecule has 5 aliphatic rings. The number of aliphatic hydroxyl groups is 1. The Labute approximate surface area is 119 Å². The van der Waals surface area contributed by atoms with Crippen molar-refractivity contribution in [1.29, 1.82) is 0 Å². The van der Waals surface area contributed by atoms with E-state index in [1.165, 1.54) is 0 Å². The summed E-state index contributed by atoms with van der Waals surface area (Å²) in [5.41, 5.74) is 5.38. The van der Waals surface area contributed by atoms with Crippen LogP contribution in [-0.2, 0) is 4.74 Å². The fraction of sp³-hybridized carbons (Fsp3) is 0.933. The molecule has 0 radical (unpaired) electrons. The van der Waals surface area contributed by atoms with E-state index in [4.69, 9.17) is 10.5 Å². The summed E-state index contributed by atoms with van der Waals surface area (Å²) in [4.78, 5) is 14.0. The van der Waals surface area contributed by atoms with Crippen molar-refractivity contribution in [2.75, 3.05) is 13.1 Å². The summed E-state index contributed by atoms with van der Waals surface area (Å²) in [6.45, 7) is 1.34. The predicted octanol–water partition coefficient (Wildman–Crippen LogP) is 1.10. The van der Waals surface area contributed by atoms with Crippen molar-refractivity contribution >= 4 is 6.09 Å². The van der Waals surface area contributed by atoms with Crippen LogP contribution in [0.4, 0.5) is 4.79 Å². The minimum absolute atomic E-state index is 0.0242. The third-order valence-corrected chi connectivity index (χ3v) is 5.87. The van der Waals surface area contributed by atoms with Crippen LogP contribution in [0.15, 0.2) is 0 Å². The van der Waals surface area contributed by atoms with Gasteiger partial charge in [-0.2, -0.15) is 0 Å². The van der Waals surface area contributed by atoms with Gasteiger partial charge in [-0.3, -0.25) is 0 Å². The van der Waals surface area contributed by atoms with Gasteiger partial charge in [0.05, 0.1) is 5.60 Å². The quantitative estimate of drug-likeness (QED) is 0.754. The summed E-state index contributed by atoms with van der Waals surface area (Å²) >= 11 is 0. The normalized spacial score (nSPS) is 49.7. The number of ether oxygens (including phenoxy) is 1. The lowest BCUT2D eigenvalue weighted by atomic mass is 9.53. The number of likely N-dealkylation sites (tertiary alicyclic amines) is 1. The molecule has 1 saturated heterocycles. The topological polar surface area (TPSA) is 75.8 Å². The Hall–Kier alpha value is -0.810. The van der Waals surface area contributed by atoms with E-state index in [9.17, 15) is 9.90 Å². The second kappa shape index (κ2) is 4.34. The lowest BCUT2D eigenvalue weighted by Crippen LogP contribution is -2.58. The molecular formula is C15H24N2O3. The molecule has 0 aromatic carbocycles. The average Bonchev–Trinajstić information content (AvgIpc) is 2.78. The molecule has 1 aliphatic heterocycles. The molecule has 4 aliphatic carbocycles. The van der Waals surface area contributed by atoms with Gasteiger partial charge in [0.2, 0.25) is 0 Å². The van der Waals surface area contributed by atoms with Crippen molar-refractivity contribution in [3.8, 4) is 0 Å². The van der Waals surface area contributed by atoms with E-state index in [0.717, 1.165) is 38.5 Å². The average molecular weight is 280 g/mol. The van der Waals surface area contributed by atoms with Crippen molar-refractivity contribution < 1.29 is 14.6 Å². The highest BCUT2D eigenvalue weighted by Crippen LogP contribution is 2.56. The first-order chi connectivity index (χ1) is 9.52. The smallest absolute Gasteiger partial charge is 0.410 e. The molecule has 5 heteroatoms. The first-order valence-electron chi connectivity index (χ1n) is 7.96. The molecule has 112 valence electrons. The van der Waals surface area contributed by atoms with Crippen molar-refractivity contribution in [3.63, 3.8) is 0 Å². The summed E-state index contributed by atoms with van der Waals surface area (Å²) in [5.74, 6) is 1.38. The van der Waals surface area contributed by atoms with E-state index in [1.54, 1.807) is 4.90 Å². The number of hydrogen-bond acceptors (Lipinski definition) is 4. The molecule has 1 amide bonds. The molecular weight excluding hydrogens is 256 g/mol. The van der Waals surface area contributed by atoms with Gasteiger partial charge in [0.25, 0.3) is 0 Å². The van der Waals surface area contributed by atoms with E-state index >= 15 is 0 Å². The monoisotopic (exact) mass is 280 g/mol. The molecule has 5 fully saturated rings. The maximum atomic E-state index is 12.2. The van der Waals surface area contributed by atoms with Crippen LogP contribution >= 0.6 is 0 Å². The lowest BCUT2D eigenvalue weighted by Gasteiger charge is -2.57. The molecule has 3 N–H and O–H groups in total. The minimum atomic E-state index is -0.463. The third kappa shape index (κ3) is 2.02. The zero-order valence-electron chi connectivity index (χ0n) is 11.8. The van der Waals surface area contributed by atoms with Gasteiger partial charge >= 0.3 is 6.09 Å². The van der Waals surface area contributed by atoms with Crippen LogP contribution in [0.25, 0.3) is 0 Å². The fourth-order valence-corrected chi connectivity index (χ4v) is 5.27. The first kappa shape index (κ1) is 12.9. The van der Waals surface area contributed by atoms with E-state index in [1.807, 2.05) is 0 Å². The highest BCUT2D eigenvalue weighted by Gasteiger charge is 2.56. The second-order valence-electron chi connectivity index (χ2n) is 7.54. The van der Waals surface area contributed by atoms with Gasteiger partial charge in [0, 0.05) is 19.1 Å². The Morgan fingerprint density at radius 1 is 1.25 bits per heavy atom. The molecule has 0 spiro atoms. The number of nitrogens with two attached hydrogens (primary N) is 1. The van der Waals surface area contributed by atoms with Crippen LogP contribution in [0.2, 0.25) is 0 Å². The number of carbonyl (C=O) groups is 1. The second-order valence-corrected chi connectivity index (χ2v) is 7.54. The number of hydrogen-bond donors (Lipinski definition) is 2. The molecule has 4 saturated carbocycles. The fourth-order valence-electron chi connectivity index (χ4n) is 5.27. The predicted molar refractivity (Wildman–Crippen MR) is 72.9 cm³/mol. The van der Waals surface area contributed by atoms with Gasteiger partial charge in [-0.05, 0) is 56.3 Å². The molecule has 5 nitrogen and oxygen atoms in total. The van der Waals surface area contributed by atoms with E-state index < -0.39 is 5.60 Å². The van der Waals surface area contributed by atoms with Gasteiger partial charge in [-0.25, -0.2) is 4.79 Å². The number of nitrogens with zero attached hydrogens (tertiary/aromatic N) is 1. The van der Waals surface area contributed by atoms with Crippen LogP contribution in [0, 0.1) is 17.8 Å². The van der Waals surface area contributed by atoms with E-state index in [2.05, 4.69) is 0 Å². The van der Waals surface area contributed by atoms with Crippen LogP contribution in [0.3, 0.4) is 0 Å². The van der Waals surface area contributed by atoms with Crippen LogP contribution in [0.1, 0.15) is 38.5 Å². The zero-order chi connectivity index (χ0) is 13.9. The van der Waals surface area contributed by atoms with E-state index in [-0.39, 0.29) is 18.2 Å². The van der Waals surface area contributed by atoms with Crippen molar-refractivity contribution in [2.45, 2.75) is 56.3 Å². The molecule has 20 heavy (non-hydrogen) atoms. The zero-order valence-corrected chi connectivity index (χ0v) is 11.8. The molecule has 4 unspecified atom stereocenters. The number of carbonyl (C=O) groups excluding carboxylic acids is 1. The van der Waals surface area contributed by atoms with Crippen molar-refractivity contribution in [2.24, 2.45) is 23.5 Å². The van der Waals surface area contributed by atoms with Crippen LogP contribution in [0.5, 0.6) is 0 Å². The Morgan fingerprint density at radius 2 is 1.95 bits per heavy atom. The van der Waals surface area contributed by atoms with Crippen LogP contribution < -0.4 is 5.73 Å². The standard InChI is InChI=1S/C15H24N2O3/c16-12-1-2-17(8-12)14(18)20-13-10-3-9-4-11(13)7-15(19,5-9)6-10/h9-13,19H,1-8,16H2/t9?,10-,11?,12+,13?,15?/m0/s1. The Bertz CT molecular complexity index is 411. The van der Waals surface area contributed by atoms with Crippen molar-refractivity contribution in [3.05, 3.63) is 0 Å². The maximum Gasteiger partial charge on any atom is 0.410 e. The third-order valence-electron chi connectivity index (χ3n) is 5.87. The highest BCUT2D eigenvalue weighted by atomic mass is 16.6. The summed E-state index contributed by atoms with van der Waals surface area (Å²) in [7, 11) is 0. The number of amides is 1. The largest absolute Gasteiger partial charge is 0.446 e. The molecule has 5 rings (SSSR count). The Balaban J connectivity index is 1.44. The van der Waals surface area contributed by atoms with Gasteiger partial charge in [0.15, 0.2) is 0 Å². The highest BCUT2D eigenvalue weighted by molar-refractivity contribution is 5.68. The molecule has 1 heterocycles. The summed E-state index contributed by atoms with van der Waals surface area (Å²) in [6.07, 6.45) is 5.54. The first-order valence-corrected chi connectivity index (χ1v) is 7.96. The molecule has 0 aromatic rings.